The van der Waals surface area contributed by atoms with Gasteiger partial charge >= 0.3 is 5.69 Å². The number of carbonyl (C=O) groups excluding carboxylic acids is 2. The molecule has 2 unspecified atom stereocenters. The summed E-state index contributed by atoms with van der Waals surface area (Å²) in [4.78, 5) is 55.0. The number of guanidine groups is 2. The molecule has 218 valence electrons. The minimum atomic E-state index is -1.95. The number of rotatable bonds is 5. The lowest BCUT2D eigenvalue weighted by molar-refractivity contribution is -0.218. The molecule has 0 bridgehead atoms. The summed E-state index contributed by atoms with van der Waals surface area (Å²) in [7, 11) is 0. The van der Waals surface area contributed by atoms with Crippen molar-refractivity contribution in [3.8, 4) is 0 Å². The first-order valence-corrected chi connectivity index (χ1v) is 13.0. The summed E-state index contributed by atoms with van der Waals surface area (Å²) >= 11 is 0. The maximum atomic E-state index is 13.5. The first-order valence-electron chi connectivity index (χ1n) is 13.0. The van der Waals surface area contributed by atoms with Crippen molar-refractivity contribution in [2.75, 3.05) is 13.1 Å². The highest BCUT2D eigenvalue weighted by molar-refractivity contribution is 6.07. The van der Waals surface area contributed by atoms with Gasteiger partial charge < -0.3 is 36.3 Å². The van der Waals surface area contributed by atoms with Gasteiger partial charge in [-0.1, -0.05) is 36.4 Å². The molecule has 16 heteroatoms. The van der Waals surface area contributed by atoms with Crippen molar-refractivity contribution < 1.29 is 19.9 Å². The summed E-state index contributed by atoms with van der Waals surface area (Å²) in [5, 5.41) is 53.6. The second-order valence-corrected chi connectivity index (χ2v) is 10.6. The number of hydroxylamine groups is 2. The van der Waals surface area contributed by atoms with Gasteiger partial charge in [0.1, 0.15) is 11.3 Å². The lowest BCUT2D eigenvalue weighted by atomic mass is 9.78. The van der Waals surface area contributed by atoms with E-state index >= 15 is 0 Å². The van der Waals surface area contributed by atoms with E-state index in [1.54, 1.807) is 12.1 Å². The molecule has 3 fully saturated rings. The summed E-state index contributed by atoms with van der Waals surface area (Å²) in [5.74, 6) is -1.94. The Kier molecular flexibility index (Phi) is 6.05. The van der Waals surface area contributed by atoms with Gasteiger partial charge in [0.05, 0.1) is 18.1 Å². The monoisotopic (exact) mass is 576 g/mol. The molecule has 1 aromatic heterocycles. The molecule has 4 heterocycles. The zero-order valence-electron chi connectivity index (χ0n) is 22.2. The van der Waals surface area contributed by atoms with Gasteiger partial charge in [-0.3, -0.25) is 35.4 Å². The highest BCUT2D eigenvalue weighted by Crippen LogP contribution is 2.48. The molecule has 0 aliphatic carbocycles. The molecule has 5 atom stereocenters. The van der Waals surface area contributed by atoms with Gasteiger partial charge in [0.25, 0.3) is 17.4 Å². The van der Waals surface area contributed by atoms with E-state index in [4.69, 9.17) is 10.8 Å². The van der Waals surface area contributed by atoms with Gasteiger partial charge in [-0.25, -0.2) is 4.79 Å². The van der Waals surface area contributed by atoms with Gasteiger partial charge in [-0.15, -0.1) is 0 Å². The predicted octanol–water partition coefficient (Wildman–Crippen LogP) is -1.99. The van der Waals surface area contributed by atoms with Crippen LogP contribution in [0.1, 0.15) is 27.8 Å². The van der Waals surface area contributed by atoms with Gasteiger partial charge in [-0.05, 0) is 23.8 Å². The molecule has 10 N–H and O–H groups in total. The normalized spacial score (nSPS) is 28.1. The number of amides is 2. The molecule has 42 heavy (non-hydrogen) atoms. The Morgan fingerprint density at radius 3 is 2.55 bits per heavy atom. The Labute approximate surface area is 236 Å². The molecule has 3 saturated heterocycles. The fourth-order valence-corrected chi connectivity index (χ4v) is 6.33. The number of nitrogens with one attached hydrogen (secondary N) is 8. The highest BCUT2D eigenvalue weighted by atomic mass is 16.5. The Morgan fingerprint density at radius 1 is 1.05 bits per heavy atom. The van der Waals surface area contributed by atoms with E-state index in [9.17, 15) is 29.5 Å². The summed E-state index contributed by atoms with van der Waals surface area (Å²) < 4.78 is 0. The Morgan fingerprint density at radius 2 is 1.79 bits per heavy atom. The number of aliphatic hydroxyl groups is 1. The van der Waals surface area contributed by atoms with E-state index in [1.165, 1.54) is 11.8 Å². The maximum Gasteiger partial charge on any atom is 0.326 e. The van der Waals surface area contributed by atoms with Crippen LogP contribution >= 0.6 is 0 Å². The molecular weight excluding hydrogens is 548 g/mol. The van der Waals surface area contributed by atoms with Crippen LogP contribution < -0.4 is 32.5 Å². The Hall–Kier alpha value is -5.22. The van der Waals surface area contributed by atoms with Crippen molar-refractivity contribution in [3.63, 3.8) is 0 Å². The topological polar surface area (TPSA) is 243 Å². The van der Waals surface area contributed by atoms with Crippen LogP contribution in [0.2, 0.25) is 0 Å². The number of hydrogen-bond acceptors (Lipinski definition) is 8. The number of aromatic nitrogens is 2. The quantitative estimate of drug-likeness (QED) is 0.160. The number of benzene rings is 2. The molecule has 3 aliphatic rings. The van der Waals surface area contributed by atoms with Crippen molar-refractivity contribution in [2.45, 2.75) is 36.3 Å². The average molecular weight is 577 g/mol. The number of hydrogen-bond donors (Lipinski definition) is 10. The minimum Gasteiger partial charge on any atom is -0.383 e. The lowest BCUT2D eigenvalue weighted by Crippen LogP contribution is -2.81. The number of carbonyl (C=O) groups is 2. The number of nitrogens with zero attached hydrogens (tertiary/aromatic N) is 2. The minimum absolute atomic E-state index is 0.0923. The van der Waals surface area contributed by atoms with E-state index in [2.05, 4.69) is 26.3 Å². The molecule has 1 spiro atoms. The van der Waals surface area contributed by atoms with Crippen LogP contribution in [0.15, 0.2) is 58.1 Å². The van der Waals surface area contributed by atoms with Crippen LogP contribution in [0.4, 0.5) is 0 Å². The molecule has 3 aliphatic heterocycles. The van der Waals surface area contributed by atoms with Crippen molar-refractivity contribution in [1.29, 1.82) is 10.8 Å². The SMILES string of the molecule is C[C@]1(O)[C@@H](NC(=O)c2cccc3ccccc23)CN2C(=N)N[C@@H](CNC(=O)c3cc(=O)[nH]c(=O)[nH]3)C3NC(=N)N(O)C321. The molecule has 6 rings (SSSR count). The van der Waals surface area contributed by atoms with Crippen molar-refractivity contribution in [1.82, 2.24) is 41.2 Å². The molecule has 0 saturated carbocycles. The molecule has 3 aromatic rings. The summed E-state index contributed by atoms with van der Waals surface area (Å²) in [6, 6.07) is 10.7. The van der Waals surface area contributed by atoms with E-state index in [0.29, 0.717) is 16.0 Å². The molecule has 0 radical (unpaired) electrons. The number of H-pyrrole nitrogens is 2. The van der Waals surface area contributed by atoms with Crippen LogP contribution in [0.25, 0.3) is 10.8 Å². The van der Waals surface area contributed by atoms with E-state index < -0.39 is 58.4 Å². The van der Waals surface area contributed by atoms with E-state index in [0.717, 1.165) is 11.5 Å². The standard InChI is InChI=1S/C26H28N10O6/c1-25(41)17(32-20(38)14-8-4-6-12-5-2-3-7-13(12)14)11-35-22(27)30-16(19-26(25,35)36(42)23(28)34-19)10-29-21(39)15-9-18(37)33-24(40)31-15/h2-9,16-17,19,41-42H,10-11H2,1H3,(H2,27,30)(H2,28,34)(H,29,39)(H,32,38)(H2,31,33,37,40)/t16-,17-,19?,25-,26?/m0/s1. The smallest absolute Gasteiger partial charge is 0.326 e. The van der Waals surface area contributed by atoms with Gasteiger partial charge in [0.15, 0.2) is 11.6 Å². The van der Waals surface area contributed by atoms with E-state index in [-0.39, 0.29) is 24.7 Å². The fourth-order valence-electron chi connectivity index (χ4n) is 6.33. The van der Waals surface area contributed by atoms with Crippen LogP contribution in [0.5, 0.6) is 0 Å². The fraction of sp³-hybridized carbons (Fsp3) is 0.308. The molecule has 16 nitrogen and oxygen atoms in total. The van der Waals surface area contributed by atoms with Crippen molar-refractivity contribution in [3.05, 3.63) is 80.6 Å². The van der Waals surface area contributed by atoms with Gasteiger partial charge in [0, 0.05) is 24.7 Å². The molecule has 2 aromatic carbocycles. The third kappa shape index (κ3) is 3.83. The second-order valence-electron chi connectivity index (χ2n) is 10.6. The third-order valence-electron chi connectivity index (χ3n) is 8.28. The third-order valence-corrected chi connectivity index (χ3v) is 8.28. The summed E-state index contributed by atoms with van der Waals surface area (Å²) in [6.07, 6.45) is 0. The van der Waals surface area contributed by atoms with E-state index in [1.807, 2.05) is 35.3 Å². The Balaban J connectivity index is 1.30. The Bertz CT molecular complexity index is 1730. The van der Waals surface area contributed by atoms with Crippen LogP contribution in [0, 0.1) is 10.8 Å². The molecular formula is C26H28N10O6. The van der Waals surface area contributed by atoms with Crippen LogP contribution in [-0.2, 0) is 0 Å². The van der Waals surface area contributed by atoms with Gasteiger partial charge in [-0.2, -0.15) is 5.06 Å². The van der Waals surface area contributed by atoms with Crippen molar-refractivity contribution >= 4 is 34.5 Å². The molecule has 2 amide bonds. The second kappa shape index (κ2) is 9.42. The zero-order chi connectivity index (χ0) is 30.0. The zero-order valence-corrected chi connectivity index (χ0v) is 22.2. The maximum absolute atomic E-state index is 13.5. The summed E-state index contributed by atoms with van der Waals surface area (Å²) in [5.41, 5.74) is -5.32. The average Bonchev–Trinajstić information content (AvgIpc) is 3.36. The number of fused-ring (bicyclic) bond motifs is 1. The first kappa shape index (κ1) is 27.0. The first-order chi connectivity index (χ1) is 19.9. The summed E-state index contributed by atoms with van der Waals surface area (Å²) in [6.45, 7) is 1.12. The van der Waals surface area contributed by atoms with Crippen LogP contribution in [-0.4, -0.2) is 96.5 Å². The van der Waals surface area contributed by atoms with Gasteiger partial charge in [0.2, 0.25) is 5.96 Å². The predicted molar refractivity (Wildman–Crippen MR) is 148 cm³/mol. The lowest BCUT2D eigenvalue weighted by Gasteiger charge is -2.53. The van der Waals surface area contributed by atoms with Crippen LogP contribution in [0.3, 0.4) is 0 Å². The highest BCUT2D eigenvalue weighted by Gasteiger charge is 2.75. The number of aromatic amines is 2. The largest absolute Gasteiger partial charge is 0.383 e. The van der Waals surface area contributed by atoms with Crippen molar-refractivity contribution in [2.24, 2.45) is 0 Å².